The summed E-state index contributed by atoms with van der Waals surface area (Å²) in [5.41, 5.74) is -0.216. The highest BCUT2D eigenvalue weighted by molar-refractivity contribution is 5.66. The van der Waals surface area contributed by atoms with Crippen LogP contribution in [0.4, 0.5) is 0 Å². The molecule has 0 aliphatic heterocycles. The number of allylic oxidation sites excluding steroid dienone is 1. The maximum atomic E-state index is 10.1. The molecule has 0 amide bonds. The quantitative estimate of drug-likeness (QED) is 0.408. The lowest BCUT2D eigenvalue weighted by Crippen LogP contribution is -1.93. The standard InChI is InChI=1S/C12H7NO2/c13-9-11(10-14)5-4-8-15-12-6-2-1-3-7-12/h1-3,6-7H,8H2. The summed E-state index contributed by atoms with van der Waals surface area (Å²) in [6.45, 7) is 0.136. The summed E-state index contributed by atoms with van der Waals surface area (Å²) in [4.78, 5) is 10.1. The largest absolute Gasteiger partial charge is 0.481 e. The van der Waals surface area contributed by atoms with Crippen LogP contribution in [0.1, 0.15) is 0 Å². The van der Waals surface area contributed by atoms with Gasteiger partial charge in [-0.05, 0) is 18.1 Å². The Hall–Kier alpha value is -2.48. The van der Waals surface area contributed by atoms with Crippen molar-refractivity contribution in [2.45, 2.75) is 0 Å². The maximum absolute atomic E-state index is 10.1. The number of carbonyl (C=O) groups excluding carboxylic acids is 1. The Morgan fingerprint density at radius 3 is 2.67 bits per heavy atom. The van der Waals surface area contributed by atoms with E-state index < -0.39 is 0 Å². The van der Waals surface area contributed by atoms with Crippen LogP contribution in [0, 0.1) is 23.2 Å². The normalized spacial score (nSPS) is 7.67. The lowest BCUT2D eigenvalue weighted by molar-refractivity contribution is 0.370. The minimum absolute atomic E-state index is 0.136. The first-order chi connectivity index (χ1) is 7.36. The summed E-state index contributed by atoms with van der Waals surface area (Å²) in [7, 11) is 0. The first-order valence-corrected chi connectivity index (χ1v) is 4.18. The van der Waals surface area contributed by atoms with Gasteiger partial charge in [-0.3, -0.25) is 0 Å². The van der Waals surface area contributed by atoms with Crippen molar-refractivity contribution >= 4 is 5.94 Å². The minimum Gasteiger partial charge on any atom is -0.481 e. The van der Waals surface area contributed by atoms with Crippen molar-refractivity contribution in [3.05, 3.63) is 35.9 Å². The van der Waals surface area contributed by atoms with E-state index >= 15 is 0 Å². The third kappa shape index (κ3) is 3.83. The molecule has 3 nitrogen and oxygen atoms in total. The van der Waals surface area contributed by atoms with Crippen molar-refractivity contribution in [2.24, 2.45) is 0 Å². The van der Waals surface area contributed by atoms with E-state index in [0.717, 1.165) is 0 Å². The molecule has 0 saturated heterocycles. The van der Waals surface area contributed by atoms with Crippen molar-refractivity contribution in [3.63, 3.8) is 0 Å². The highest BCUT2D eigenvalue weighted by atomic mass is 16.5. The summed E-state index contributed by atoms with van der Waals surface area (Å²) in [5.74, 6) is 7.01. The van der Waals surface area contributed by atoms with Gasteiger partial charge in [0.05, 0.1) is 0 Å². The van der Waals surface area contributed by atoms with Crippen LogP contribution in [0.2, 0.25) is 0 Å². The lowest BCUT2D eigenvalue weighted by atomic mass is 10.3. The van der Waals surface area contributed by atoms with E-state index in [1.807, 2.05) is 18.2 Å². The van der Waals surface area contributed by atoms with Gasteiger partial charge >= 0.3 is 0 Å². The number of hydrogen-bond donors (Lipinski definition) is 0. The van der Waals surface area contributed by atoms with Gasteiger partial charge in [0.2, 0.25) is 0 Å². The van der Waals surface area contributed by atoms with Crippen molar-refractivity contribution in [3.8, 4) is 23.7 Å². The molecule has 72 valence electrons. The topological polar surface area (TPSA) is 50.1 Å². The number of nitrogens with zero attached hydrogens (tertiary/aromatic N) is 1. The van der Waals surface area contributed by atoms with Crippen LogP contribution in [-0.4, -0.2) is 12.5 Å². The molecule has 0 fully saturated rings. The zero-order valence-electron chi connectivity index (χ0n) is 7.86. The van der Waals surface area contributed by atoms with Crippen LogP contribution in [0.3, 0.4) is 0 Å². The fourth-order valence-electron chi connectivity index (χ4n) is 0.837. The molecule has 0 bridgehead atoms. The fourth-order valence-corrected chi connectivity index (χ4v) is 0.837. The van der Waals surface area contributed by atoms with Crippen LogP contribution in [0.25, 0.3) is 0 Å². The van der Waals surface area contributed by atoms with Crippen LogP contribution < -0.4 is 4.74 Å². The second kappa shape index (κ2) is 6.05. The van der Waals surface area contributed by atoms with Crippen molar-refractivity contribution in [1.82, 2.24) is 0 Å². The van der Waals surface area contributed by atoms with Gasteiger partial charge in [0.1, 0.15) is 18.4 Å². The van der Waals surface area contributed by atoms with Gasteiger partial charge in [-0.15, -0.1) is 0 Å². The SMILES string of the molecule is N#CC(=C=O)C#CCOc1ccccc1. The molecule has 0 aliphatic rings. The molecule has 3 heteroatoms. The van der Waals surface area contributed by atoms with E-state index in [9.17, 15) is 4.79 Å². The summed E-state index contributed by atoms with van der Waals surface area (Å²) < 4.78 is 5.22. The molecule has 0 heterocycles. The van der Waals surface area contributed by atoms with Crippen LogP contribution in [-0.2, 0) is 4.79 Å². The van der Waals surface area contributed by atoms with Crippen LogP contribution in [0.15, 0.2) is 35.9 Å². The Bertz CT molecular complexity index is 468. The predicted octanol–water partition coefficient (Wildman–Crippen LogP) is 1.35. The van der Waals surface area contributed by atoms with E-state index in [-0.39, 0.29) is 12.2 Å². The van der Waals surface area contributed by atoms with Gasteiger partial charge in [0, 0.05) is 0 Å². The number of rotatable bonds is 2. The molecule has 1 aromatic carbocycles. The Morgan fingerprint density at radius 1 is 1.33 bits per heavy atom. The molecular formula is C12H7NO2. The maximum Gasteiger partial charge on any atom is 0.185 e. The zero-order valence-corrected chi connectivity index (χ0v) is 7.86. The molecule has 1 rings (SSSR count). The summed E-state index contributed by atoms with van der Waals surface area (Å²) in [5, 5.41) is 8.35. The van der Waals surface area contributed by atoms with Crippen molar-refractivity contribution < 1.29 is 9.53 Å². The number of hydrogen-bond acceptors (Lipinski definition) is 3. The van der Waals surface area contributed by atoms with Gasteiger partial charge < -0.3 is 4.74 Å². The first kappa shape index (κ1) is 10.6. The number of benzene rings is 1. The van der Waals surface area contributed by atoms with Gasteiger partial charge in [-0.1, -0.05) is 24.1 Å². The summed E-state index contributed by atoms with van der Waals surface area (Å²) in [6.07, 6.45) is 0. The Kier molecular flexibility index (Phi) is 4.27. The monoisotopic (exact) mass is 197 g/mol. The minimum atomic E-state index is -0.216. The van der Waals surface area contributed by atoms with Gasteiger partial charge in [-0.25, -0.2) is 4.79 Å². The van der Waals surface area contributed by atoms with Crippen LogP contribution >= 0.6 is 0 Å². The van der Waals surface area contributed by atoms with Gasteiger partial charge in [0.15, 0.2) is 11.5 Å². The highest BCUT2D eigenvalue weighted by Crippen LogP contribution is 2.07. The third-order valence-electron chi connectivity index (χ3n) is 1.48. The molecule has 0 spiro atoms. The van der Waals surface area contributed by atoms with Crippen LogP contribution in [0.5, 0.6) is 5.75 Å². The fraction of sp³-hybridized carbons (Fsp3) is 0.0833. The molecule has 1 aromatic rings. The molecule has 15 heavy (non-hydrogen) atoms. The van der Waals surface area contributed by atoms with E-state index in [2.05, 4.69) is 11.8 Å². The van der Waals surface area contributed by atoms with Crippen molar-refractivity contribution in [2.75, 3.05) is 6.61 Å². The number of para-hydroxylation sites is 1. The van der Waals surface area contributed by atoms with Gasteiger partial charge in [0.25, 0.3) is 0 Å². The summed E-state index contributed by atoms with van der Waals surface area (Å²) >= 11 is 0. The molecule has 0 aromatic heterocycles. The molecule has 0 aliphatic carbocycles. The molecule has 0 saturated carbocycles. The van der Waals surface area contributed by atoms with Crippen molar-refractivity contribution in [1.29, 1.82) is 5.26 Å². The molecule has 0 unspecified atom stereocenters. The second-order valence-corrected chi connectivity index (χ2v) is 2.49. The number of ether oxygens (including phenoxy) is 1. The van der Waals surface area contributed by atoms with Gasteiger partial charge in [-0.2, -0.15) is 5.26 Å². The molecule has 0 radical (unpaired) electrons. The molecule has 0 N–H and O–H groups in total. The molecule has 0 atom stereocenters. The van der Waals surface area contributed by atoms with E-state index in [1.54, 1.807) is 18.2 Å². The average molecular weight is 197 g/mol. The van der Waals surface area contributed by atoms with E-state index in [4.69, 9.17) is 10.00 Å². The highest BCUT2D eigenvalue weighted by Gasteiger charge is 1.88. The predicted molar refractivity (Wildman–Crippen MR) is 54.5 cm³/mol. The van der Waals surface area contributed by atoms with E-state index in [0.29, 0.717) is 5.75 Å². The Labute approximate surface area is 87.6 Å². The van der Waals surface area contributed by atoms with E-state index in [1.165, 1.54) is 5.94 Å². The Balaban J connectivity index is 2.47. The number of nitriles is 1. The lowest BCUT2D eigenvalue weighted by Gasteiger charge is -1.99. The molecular weight excluding hydrogens is 190 g/mol. The average Bonchev–Trinajstić information content (AvgIpc) is 2.31. The Morgan fingerprint density at radius 2 is 2.07 bits per heavy atom. The first-order valence-electron chi connectivity index (χ1n) is 4.18. The second-order valence-electron chi connectivity index (χ2n) is 2.49. The smallest absolute Gasteiger partial charge is 0.185 e. The zero-order chi connectivity index (χ0) is 10.9. The third-order valence-corrected chi connectivity index (χ3v) is 1.48. The summed E-state index contributed by atoms with van der Waals surface area (Å²) in [6, 6.07) is 10.8.